The van der Waals surface area contributed by atoms with Crippen LogP contribution in [0.5, 0.6) is 0 Å². The molecule has 5 heteroatoms. The van der Waals surface area contributed by atoms with Gasteiger partial charge in [0.25, 0.3) is 0 Å². The van der Waals surface area contributed by atoms with Crippen molar-refractivity contribution in [1.82, 2.24) is 4.98 Å². The molecule has 0 spiro atoms. The third-order valence-electron chi connectivity index (χ3n) is 2.28. The molecule has 0 radical (unpaired) electrons. The number of azo groups is 1. The number of nitrogens with zero attached hydrogens (tertiary/aromatic N) is 3. The Morgan fingerprint density at radius 1 is 1.35 bits per heavy atom. The molecule has 0 aliphatic carbocycles. The van der Waals surface area contributed by atoms with Gasteiger partial charge in [-0.05, 0) is 12.1 Å². The molecule has 0 saturated carbocycles. The summed E-state index contributed by atoms with van der Waals surface area (Å²) < 4.78 is 5.58. The van der Waals surface area contributed by atoms with Crippen LogP contribution in [0.25, 0.3) is 11.3 Å². The summed E-state index contributed by atoms with van der Waals surface area (Å²) in [7, 11) is 1.63. The van der Waals surface area contributed by atoms with Crippen LogP contribution in [-0.2, 0) is 6.54 Å². The molecule has 1 heterocycles. The minimum Gasteiger partial charge on any atom is -0.441 e. The Morgan fingerprint density at radius 3 is 2.82 bits per heavy atom. The van der Waals surface area contributed by atoms with E-state index in [-0.39, 0.29) is 0 Å². The lowest BCUT2D eigenvalue weighted by atomic mass is 10.1. The Hall–Kier alpha value is -1.68. The van der Waals surface area contributed by atoms with E-state index in [1.165, 1.54) is 0 Å². The van der Waals surface area contributed by atoms with E-state index in [1.807, 2.05) is 24.3 Å². The highest BCUT2D eigenvalue weighted by molar-refractivity contribution is 6.33. The average Bonchev–Trinajstić information content (AvgIpc) is 2.68. The molecule has 0 aliphatic rings. The summed E-state index contributed by atoms with van der Waals surface area (Å²) in [5.41, 5.74) is 1.58. The van der Waals surface area contributed by atoms with Crippen LogP contribution in [0.15, 0.2) is 38.9 Å². The first-order valence-electron chi connectivity index (χ1n) is 5.19. The number of rotatable bonds is 3. The van der Waals surface area contributed by atoms with Crippen molar-refractivity contribution >= 4 is 11.6 Å². The predicted molar refractivity (Wildman–Crippen MR) is 66.2 cm³/mol. The normalized spacial score (nSPS) is 11.2. The summed E-state index contributed by atoms with van der Waals surface area (Å²) in [6.07, 6.45) is 0. The Kier molecular flexibility index (Phi) is 3.54. The molecule has 2 aromatic rings. The van der Waals surface area contributed by atoms with Crippen molar-refractivity contribution in [2.75, 3.05) is 7.05 Å². The quantitative estimate of drug-likeness (QED) is 0.775. The first-order valence-corrected chi connectivity index (χ1v) is 5.57. The topological polar surface area (TPSA) is 50.8 Å². The van der Waals surface area contributed by atoms with Crippen LogP contribution in [-0.4, -0.2) is 12.0 Å². The third kappa shape index (κ3) is 2.53. The van der Waals surface area contributed by atoms with Crippen LogP contribution in [0.1, 0.15) is 11.6 Å². The molecule has 0 atom stereocenters. The number of aryl methyl sites for hydroxylation is 1. The molecule has 0 aliphatic heterocycles. The van der Waals surface area contributed by atoms with E-state index < -0.39 is 0 Å². The first-order chi connectivity index (χ1) is 8.22. The van der Waals surface area contributed by atoms with Gasteiger partial charge in [0, 0.05) is 19.5 Å². The van der Waals surface area contributed by atoms with Crippen LogP contribution < -0.4 is 0 Å². The maximum absolute atomic E-state index is 6.13. The Balaban J connectivity index is 2.48. The van der Waals surface area contributed by atoms with E-state index in [4.69, 9.17) is 16.0 Å². The molecule has 0 N–H and O–H groups in total. The van der Waals surface area contributed by atoms with Crippen molar-refractivity contribution in [1.29, 1.82) is 0 Å². The number of benzene rings is 1. The van der Waals surface area contributed by atoms with Crippen LogP contribution >= 0.6 is 11.6 Å². The average molecular weight is 250 g/mol. The Bertz CT molecular complexity index is 548. The lowest BCUT2D eigenvalue weighted by Crippen LogP contribution is -1.86. The number of hydrogen-bond donors (Lipinski definition) is 0. The Labute approximate surface area is 104 Å². The van der Waals surface area contributed by atoms with E-state index >= 15 is 0 Å². The molecule has 1 aromatic heterocycles. The molecular formula is C12H12ClN3O. The molecule has 17 heavy (non-hydrogen) atoms. The lowest BCUT2D eigenvalue weighted by molar-refractivity contribution is 0.534. The van der Waals surface area contributed by atoms with Crippen molar-refractivity contribution in [3.05, 3.63) is 40.9 Å². The smallest absolute Gasteiger partial charge is 0.192 e. The summed E-state index contributed by atoms with van der Waals surface area (Å²) in [6, 6.07) is 7.50. The lowest BCUT2D eigenvalue weighted by Gasteiger charge is -2.01. The number of oxazole rings is 1. The molecule has 0 amide bonds. The Morgan fingerprint density at radius 2 is 2.12 bits per heavy atom. The monoisotopic (exact) mass is 249 g/mol. The van der Waals surface area contributed by atoms with Gasteiger partial charge in [-0.2, -0.15) is 10.2 Å². The van der Waals surface area contributed by atoms with Gasteiger partial charge in [-0.3, -0.25) is 0 Å². The number of hydrogen-bond acceptors (Lipinski definition) is 4. The number of aromatic nitrogens is 1. The van der Waals surface area contributed by atoms with Crippen LogP contribution in [0, 0.1) is 6.92 Å². The largest absolute Gasteiger partial charge is 0.441 e. The molecular weight excluding hydrogens is 238 g/mol. The van der Waals surface area contributed by atoms with Crippen LogP contribution in [0.3, 0.4) is 0 Å². The van der Waals surface area contributed by atoms with Gasteiger partial charge in [-0.25, -0.2) is 4.98 Å². The summed E-state index contributed by atoms with van der Waals surface area (Å²) in [5.74, 6) is 1.27. The van der Waals surface area contributed by atoms with Gasteiger partial charge < -0.3 is 4.42 Å². The molecule has 0 fully saturated rings. The molecule has 0 saturated heterocycles. The fraction of sp³-hybridized carbons (Fsp3) is 0.250. The van der Waals surface area contributed by atoms with Crippen molar-refractivity contribution < 1.29 is 4.42 Å². The van der Waals surface area contributed by atoms with Crippen molar-refractivity contribution in [2.45, 2.75) is 13.5 Å². The van der Waals surface area contributed by atoms with Gasteiger partial charge in [0.05, 0.1) is 5.02 Å². The SMILES string of the molecule is CN=NCc1nc(C)oc1-c1ccccc1Cl. The van der Waals surface area contributed by atoms with E-state index in [0.29, 0.717) is 23.2 Å². The maximum Gasteiger partial charge on any atom is 0.192 e. The zero-order chi connectivity index (χ0) is 12.3. The molecule has 1 aromatic carbocycles. The highest BCUT2D eigenvalue weighted by Crippen LogP contribution is 2.31. The van der Waals surface area contributed by atoms with E-state index in [9.17, 15) is 0 Å². The molecule has 2 rings (SSSR count). The second kappa shape index (κ2) is 5.10. The summed E-state index contributed by atoms with van der Waals surface area (Å²) >= 11 is 6.13. The minimum atomic E-state index is 0.397. The first kappa shape index (κ1) is 11.8. The van der Waals surface area contributed by atoms with Crippen molar-refractivity contribution in [3.8, 4) is 11.3 Å². The predicted octanol–water partition coefficient (Wildman–Crippen LogP) is 3.89. The van der Waals surface area contributed by atoms with Crippen molar-refractivity contribution in [2.24, 2.45) is 10.2 Å². The van der Waals surface area contributed by atoms with Crippen molar-refractivity contribution in [3.63, 3.8) is 0 Å². The summed E-state index contributed by atoms with van der Waals surface area (Å²) in [6.45, 7) is 2.20. The van der Waals surface area contributed by atoms with Crippen LogP contribution in [0.4, 0.5) is 0 Å². The van der Waals surface area contributed by atoms with Gasteiger partial charge in [0.15, 0.2) is 11.7 Å². The fourth-order valence-corrected chi connectivity index (χ4v) is 1.79. The zero-order valence-electron chi connectivity index (χ0n) is 9.64. The molecule has 0 bridgehead atoms. The second-order valence-corrected chi connectivity index (χ2v) is 3.90. The molecule has 88 valence electrons. The third-order valence-corrected chi connectivity index (χ3v) is 2.61. The second-order valence-electron chi connectivity index (χ2n) is 3.49. The minimum absolute atomic E-state index is 0.397. The zero-order valence-corrected chi connectivity index (χ0v) is 10.4. The summed E-state index contributed by atoms with van der Waals surface area (Å²) in [4.78, 5) is 4.29. The molecule has 0 unspecified atom stereocenters. The van der Waals surface area contributed by atoms with Gasteiger partial charge >= 0.3 is 0 Å². The van der Waals surface area contributed by atoms with E-state index in [1.54, 1.807) is 14.0 Å². The highest BCUT2D eigenvalue weighted by atomic mass is 35.5. The van der Waals surface area contributed by atoms with Gasteiger partial charge in [-0.15, -0.1) is 0 Å². The van der Waals surface area contributed by atoms with Gasteiger partial charge in [0.2, 0.25) is 0 Å². The maximum atomic E-state index is 6.13. The summed E-state index contributed by atoms with van der Waals surface area (Å²) in [5, 5.41) is 8.28. The highest BCUT2D eigenvalue weighted by Gasteiger charge is 2.15. The fourth-order valence-electron chi connectivity index (χ4n) is 1.57. The molecule has 4 nitrogen and oxygen atoms in total. The van der Waals surface area contributed by atoms with E-state index in [0.717, 1.165) is 11.3 Å². The van der Waals surface area contributed by atoms with Gasteiger partial charge in [-0.1, -0.05) is 23.7 Å². The standard InChI is InChI=1S/C12H12ClN3O/c1-8-16-11(7-15-14-2)12(17-8)9-5-3-4-6-10(9)13/h3-6H,7H2,1-2H3. The van der Waals surface area contributed by atoms with E-state index in [2.05, 4.69) is 15.2 Å². The van der Waals surface area contributed by atoms with Gasteiger partial charge in [0.1, 0.15) is 12.2 Å². The number of halogens is 1. The van der Waals surface area contributed by atoms with Crippen LogP contribution in [0.2, 0.25) is 5.02 Å².